The maximum atomic E-state index is 11.9. The molecule has 1 fully saturated rings. The van der Waals surface area contributed by atoms with Crippen LogP contribution in [0.5, 0.6) is 0 Å². The average Bonchev–Trinajstić information content (AvgIpc) is 2.77. The molecule has 1 amide bonds. The van der Waals surface area contributed by atoms with E-state index in [1.807, 2.05) is 13.2 Å². The largest absolute Gasteiger partial charge is 0.378 e. The Kier molecular flexibility index (Phi) is 6.27. The van der Waals surface area contributed by atoms with Crippen molar-refractivity contribution >= 4 is 18.3 Å². The van der Waals surface area contributed by atoms with Gasteiger partial charge in [-0.05, 0) is 6.42 Å². The minimum absolute atomic E-state index is 0. The highest BCUT2D eigenvalue weighted by atomic mass is 35.5. The van der Waals surface area contributed by atoms with Gasteiger partial charge < -0.3 is 15.4 Å². The summed E-state index contributed by atoms with van der Waals surface area (Å²) in [5.41, 5.74) is 2.11. The molecule has 7 heteroatoms. The van der Waals surface area contributed by atoms with E-state index >= 15 is 0 Å². The van der Waals surface area contributed by atoms with Crippen LogP contribution in [0.1, 0.15) is 18.2 Å². The molecule has 1 saturated heterocycles. The fraction of sp³-hybridized carbons (Fsp3) is 0.667. The van der Waals surface area contributed by atoms with Gasteiger partial charge in [-0.25, -0.2) is 0 Å². The first-order valence-corrected chi connectivity index (χ1v) is 6.31. The molecule has 1 aliphatic rings. The molecule has 1 aromatic heterocycles. The van der Waals surface area contributed by atoms with Gasteiger partial charge in [-0.2, -0.15) is 5.10 Å². The van der Waals surface area contributed by atoms with E-state index in [1.165, 1.54) is 0 Å². The van der Waals surface area contributed by atoms with Crippen molar-refractivity contribution in [2.45, 2.75) is 25.9 Å². The molecule has 108 valence electrons. The number of morpholine rings is 1. The Balaban J connectivity index is 0.00000180. The highest BCUT2D eigenvalue weighted by Gasteiger charge is 2.21. The van der Waals surface area contributed by atoms with Gasteiger partial charge in [0.05, 0.1) is 18.9 Å². The molecule has 0 bridgehead atoms. The monoisotopic (exact) mass is 288 g/mol. The zero-order valence-electron chi connectivity index (χ0n) is 11.3. The topological polar surface area (TPSA) is 68.2 Å². The summed E-state index contributed by atoms with van der Waals surface area (Å²) in [5.74, 6) is -0.0133. The molecule has 6 nitrogen and oxygen atoms in total. The molecule has 19 heavy (non-hydrogen) atoms. The first-order chi connectivity index (χ1) is 8.70. The van der Waals surface area contributed by atoms with Crippen molar-refractivity contribution in [3.63, 3.8) is 0 Å². The highest BCUT2D eigenvalue weighted by Crippen LogP contribution is 2.06. The molecular weight excluding hydrogens is 268 g/mol. The number of rotatable bonds is 4. The van der Waals surface area contributed by atoms with E-state index in [1.54, 1.807) is 4.68 Å². The third kappa shape index (κ3) is 4.19. The van der Waals surface area contributed by atoms with Gasteiger partial charge in [0.1, 0.15) is 6.04 Å². The van der Waals surface area contributed by atoms with Crippen LogP contribution in [0.2, 0.25) is 0 Å². The van der Waals surface area contributed by atoms with Crippen LogP contribution in [-0.2, 0) is 29.5 Å². The SMILES string of the molecule is CCc1nn(C)cc1CNC(=O)C1COCCN1.Cl. The molecule has 0 radical (unpaired) electrons. The van der Waals surface area contributed by atoms with Gasteiger partial charge >= 0.3 is 0 Å². The second kappa shape index (κ2) is 7.47. The Morgan fingerprint density at radius 3 is 3.11 bits per heavy atom. The minimum Gasteiger partial charge on any atom is -0.378 e. The number of carbonyl (C=O) groups excluding carboxylic acids is 1. The lowest BCUT2D eigenvalue weighted by atomic mass is 10.2. The third-order valence-corrected chi connectivity index (χ3v) is 3.02. The molecule has 1 aliphatic heterocycles. The predicted molar refractivity (Wildman–Crippen MR) is 74.3 cm³/mol. The van der Waals surface area contributed by atoms with Crippen LogP contribution in [0, 0.1) is 0 Å². The molecule has 0 spiro atoms. The molecule has 0 aliphatic carbocycles. The van der Waals surface area contributed by atoms with E-state index < -0.39 is 0 Å². The summed E-state index contributed by atoms with van der Waals surface area (Å²) in [6.45, 7) is 4.43. The van der Waals surface area contributed by atoms with Crippen molar-refractivity contribution in [1.82, 2.24) is 20.4 Å². The Bertz CT molecular complexity index is 416. The lowest BCUT2D eigenvalue weighted by Gasteiger charge is -2.22. The summed E-state index contributed by atoms with van der Waals surface area (Å²) in [5, 5.41) is 10.4. The van der Waals surface area contributed by atoms with Crippen molar-refractivity contribution in [2.75, 3.05) is 19.8 Å². The van der Waals surface area contributed by atoms with Crippen LogP contribution in [0.3, 0.4) is 0 Å². The fourth-order valence-corrected chi connectivity index (χ4v) is 2.07. The number of aryl methyl sites for hydroxylation is 2. The van der Waals surface area contributed by atoms with Gasteiger partial charge in [-0.3, -0.25) is 9.48 Å². The molecule has 1 atom stereocenters. The Morgan fingerprint density at radius 1 is 1.68 bits per heavy atom. The first-order valence-electron chi connectivity index (χ1n) is 6.31. The zero-order chi connectivity index (χ0) is 13.0. The minimum atomic E-state index is -0.236. The van der Waals surface area contributed by atoms with Gasteiger partial charge in [0.25, 0.3) is 0 Å². The zero-order valence-corrected chi connectivity index (χ0v) is 12.1. The standard InChI is InChI=1S/C12H20N4O2.ClH/c1-3-10-9(7-16(2)15-10)6-14-12(17)11-8-18-5-4-13-11;/h7,11,13H,3-6,8H2,1-2H3,(H,14,17);1H. The molecule has 1 unspecified atom stereocenters. The number of hydrogen-bond donors (Lipinski definition) is 2. The second-order valence-electron chi connectivity index (χ2n) is 4.43. The number of halogens is 1. The smallest absolute Gasteiger partial charge is 0.239 e. The highest BCUT2D eigenvalue weighted by molar-refractivity contribution is 5.85. The Labute approximate surface area is 119 Å². The van der Waals surface area contributed by atoms with E-state index in [0.717, 1.165) is 24.2 Å². The normalized spacial score (nSPS) is 18.7. The molecule has 1 aromatic rings. The summed E-state index contributed by atoms with van der Waals surface area (Å²) >= 11 is 0. The van der Waals surface area contributed by atoms with E-state index in [-0.39, 0.29) is 24.4 Å². The van der Waals surface area contributed by atoms with E-state index in [9.17, 15) is 4.79 Å². The first kappa shape index (κ1) is 15.9. The molecule has 0 aromatic carbocycles. The quantitative estimate of drug-likeness (QED) is 0.819. The predicted octanol–water partition coefficient (Wildman–Crippen LogP) is 0.00890. The van der Waals surface area contributed by atoms with Crippen LogP contribution in [0.4, 0.5) is 0 Å². The van der Waals surface area contributed by atoms with Crippen LogP contribution in [-0.4, -0.2) is 41.5 Å². The van der Waals surface area contributed by atoms with Crippen molar-refractivity contribution in [3.8, 4) is 0 Å². The van der Waals surface area contributed by atoms with Crippen molar-refractivity contribution in [2.24, 2.45) is 7.05 Å². The number of carbonyl (C=O) groups is 1. The molecule has 2 heterocycles. The van der Waals surface area contributed by atoms with Crippen LogP contribution >= 0.6 is 12.4 Å². The van der Waals surface area contributed by atoms with Crippen LogP contribution in [0.15, 0.2) is 6.20 Å². The Hall–Kier alpha value is -1.11. The van der Waals surface area contributed by atoms with Gasteiger partial charge in [0, 0.05) is 31.9 Å². The fourth-order valence-electron chi connectivity index (χ4n) is 2.07. The van der Waals surface area contributed by atoms with Crippen LogP contribution in [0.25, 0.3) is 0 Å². The summed E-state index contributed by atoms with van der Waals surface area (Å²) in [6.07, 6.45) is 2.82. The molecular formula is C12H21ClN4O2. The van der Waals surface area contributed by atoms with E-state index in [0.29, 0.717) is 19.8 Å². The van der Waals surface area contributed by atoms with Gasteiger partial charge in [-0.1, -0.05) is 6.92 Å². The van der Waals surface area contributed by atoms with Crippen molar-refractivity contribution < 1.29 is 9.53 Å². The molecule has 2 N–H and O–H groups in total. The van der Waals surface area contributed by atoms with Crippen molar-refractivity contribution in [3.05, 3.63) is 17.5 Å². The second-order valence-corrected chi connectivity index (χ2v) is 4.43. The number of nitrogens with zero attached hydrogens (tertiary/aromatic N) is 2. The number of ether oxygens (including phenoxy) is 1. The van der Waals surface area contributed by atoms with Crippen LogP contribution < -0.4 is 10.6 Å². The molecule has 0 saturated carbocycles. The average molecular weight is 289 g/mol. The summed E-state index contributed by atoms with van der Waals surface area (Å²) in [4.78, 5) is 11.9. The summed E-state index contributed by atoms with van der Waals surface area (Å²) in [6, 6.07) is -0.236. The van der Waals surface area contributed by atoms with E-state index in [2.05, 4.69) is 22.7 Å². The molecule has 2 rings (SSSR count). The van der Waals surface area contributed by atoms with Gasteiger partial charge in [-0.15, -0.1) is 12.4 Å². The lowest BCUT2D eigenvalue weighted by Crippen LogP contribution is -2.51. The number of aromatic nitrogens is 2. The lowest BCUT2D eigenvalue weighted by molar-refractivity contribution is -0.126. The summed E-state index contributed by atoms with van der Waals surface area (Å²) < 4.78 is 7.04. The van der Waals surface area contributed by atoms with Gasteiger partial charge in [0.2, 0.25) is 5.91 Å². The van der Waals surface area contributed by atoms with Gasteiger partial charge in [0.15, 0.2) is 0 Å². The maximum absolute atomic E-state index is 11.9. The number of amides is 1. The Morgan fingerprint density at radius 2 is 2.47 bits per heavy atom. The summed E-state index contributed by atoms with van der Waals surface area (Å²) in [7, 11) is 1.89. The van der Waals surface area contributed by atoms with E-state index in [4.69, 9.17) is 4.74 Å². The number of nitrogens with one attached hydrogen (secondary N) is 2. The maximum Gasteiger partial charge on any atom is 0.239 e. The van der Waals surface area contributed by atoms with Crippen molar-refractivity contribution in [1.29, 1.82) is 0 Å². The number of hydrogen-bond acceptors (Lipinski definition) is 4. The third-order valence-electron chi connectivity index (χ3n) is 3.02.